The van der Waals surface area contributed by atoms with Crippen LogP contribution in [0.4, 0.5) is 4.39 Å². The molecule has 0 atom stereocenters. The minimum absolute atomic E-state index is 0.173. The molecule has 1 fully saturated rings. The predicted molar refractivity (Wildman–Crippen MR) is 74.5 cm³/mol. The Bertz CT molecular complexity index is 411. The van der Waals surface area contributed by atoms with Crippen molar-refractivity contribution in [2.75, 3.05) is 6.54 Å². The molecule has 0 aliphatic heterocycles. The van der Waals surface area contributed by atoms with E-state index in [1.807, 2.05) is 0 Å². The molecule has 0 bridgehead atoms. The molecule has 1 aliphatic rings. The molecule has 0 radical (unpaired) electrons. The standard InChI is InChI=1S/C16H22FNO/c17-15-9-5-8-14(12-15)16(19)18-11-10-13-6-3-1-2-4-7-13/h5,8-9,12-13H,1-4,6-7,10-11H2,(H,18,19). The van der Waals surface area contributed by atoms with Crippen molar-refractivity contribution in [3.8, 4) is 0 Å². The molecule has 1 aromatic rings. The van der Waals surface area contributed by atoms with Crippen LogP contribution in [-0.2, 0) is 0 Å². The highest BCUT2D eigenvalue weighted by molar-refractivity contribution is 5.94. The van der Waals surface area contributed by atoms with Gasteiger partial charge in [-0.3, -0.25) is 4.79 Å². The lowest BCUT2D eigenvalue weighted by molar-refractivity contribution is 0.0950. The van der Waals surface area contributed by atoms with E-state index in [4.69, 9.17) is 0 Å². The van der Waals surface area contributed by atoms with Crippen LogP contribution >= 0.6 is 0 Å². The minimum Gasteiger partial charge on any atom is -0.352 e. The van der Waals surface area contributed by atoms with Gasteiger partial charge in [0.2, 0.25) is 0 Å². The molecule has 0 unspecified atom stereocenters. The number of amides is 1. The van der Waals surface area contributed by atoms with Crippen molar-refractivity contribution in [1.29, 1.82) is 0 Å². The second kappa shape index (κ2) is 7.27. The van der Waals surface area contributed by atoms with Crippen LogP contribution in [0.3, 0.4) is 0 Å². The van der Waals surface area contributed by atoms with Gasteiger partial charge in [-0.05, 0) is 30.5 Å². The van der Waals surface area contributed by atoms with Gasteiger partial charge in [-0.2, -0.15) is 0 Å². The summed E-state index contributed by atoms with van der Waals surface area (Å²) in [5, 5.41) is 2.89. The molecular formula is C16H22FNO. The molecule has 3 heteroatoms. The van der Waals surface area contributed by atoms with Gasteiger partial charge in [0.05, 0.1) is 0 Å². The molecule has 1 saturated carbocycles. The van der Waals surface area contributed by atoms with E-state index in [0.29, 0.717) is 12.1 Å². The number of halogens is 1. The molecule has 1 N–H and O–H groups in total. The molecule has 1 amide bonds. The maximum atomic E-state index is 13.0. The third kappa shape index (κ3) is 4.66. The molecule has 0 heterocycles. The molecular weight excluding hydrogens is 241 g/mol. The topological polar surface area (TPSA) is 29.1 Å². The fourth-order valence-corrected chi connectivity index (χ4v) is 2.77. The smallest absolute Gasteiger partial charge is 0.251 e. The summed E-state index contributed by atoms with van der Waals surface area (Å²) in [5.41, 5.74) is 0.404. The molecule has 0 saturated heterocycles. The maximum absolute atomic E-state index is 13.0. The first-order valence-electron chi connectivity index (χ1n) is 7.29. The summed E-state index contributed by atoms with van der Waals surface area (Å²) >= 11 is 0. The Kier molecular flexibility index (Phi) is 5.37. The van der Waals surface area contributed by atoms with E-state index in [1.54, 1.807) is 12.1 Å². The van der Waals surface area contributed by atoms with Gasteiger partial charge in [0.1, 0.15) is 5.82 Å². The summed E-state index contributed by atoms with van der Waals surface area (Å²) < 4.78 is 13.0. The van der Waals surface area contributed by atoms with Crippen molar-refractivity contribution in [2.45, 2.75) is 44.9 Å². The van der Waals surface area contributed by atoms with Gasteiger partial charge in [-0.15, -0.1) is 0 Å². The zero-order valence-electron chi connectivity index (χ0n) is 11.3. The fraction of sp³-hybridized carbons (Fsp3) is 0.562. The lowest BCUT2D eigenvalue weighted by Gasteiger charge is -2.14. The maximum Gasteiger partial charge on any atom is 0.251 e. The van der Waals surface area contributed by atoms with Crippen LogP contribution in [-0.4, -0.2) is 12.5 Å². The van der Waals surface area contributed by atoms with Crippen LogP contribution in [0.15, 0.2) is 24.3 Å². The Morgan fingerprint density at radius 2 is 1.95 bits per heavy atom. The van der Waals surface area contributed by atoms with E-state index >= 15 is 0 Å². The Balaban J connectivity index is 1.74. The van der Waals surface area contributed by atoms with Crippen molar-refractivity contribution in [3.63, 3.8) is 0 Å². The number of hydrogen-bond donors (Lipinski definition) is 1. The molecule has 104 valence electrons. The van der Waals surface area contributed by atoms with Crippen LogP contribution in [0.5, 0.6) is 0 Å². The summed E-state index contributed by atoms with van der Waals surface area (Å²) in [7, 11) is 0. The van der Waals surface area contributed by atoms with E-state index in [0.717, 1.165) is 12.3 Å². The fourth-order valence-electron chi connectivity index (χ4n) is 2.77. The van der Waals surface area contributed by atoms with Gasteiger partial charge in [-0.25, -0.2) is 4.39 Å². The first kappa shape index (κ1) is 14.0. The molecule has 1 aromatic carbocycles. The molecule has 2 nitrogen and oxygen atoms in total. The van der Waals surface area contributed by atoms with Gasteiger partial charge >= 0.3 is 0 Å². The largest absolute Gasteiger partial charge is 0.352 e. The number of nitrogens with one attached hydrogen (secondary N) is 1. The van der Waals surface area contributed by atoms with E-state index in [2.05, 4.69) is 5.32 Å². The normalized spacial score (nSPS) is 16.9. The van der Waals surface area contributed by atoms with Gasteiger partial charge in [0.15, 0.2) is 0 Å². The highest BCUT2D eigenvalue weighted by atomic mass is 19.1. The first-order chi connectivity index (χ1) is 9.25. The third-order valence-electron chi connectivity index (χ3n) is 3.90. The van der Waals surface area contributed by atoms with Gasteiger partial charge < -0.3 is 5.32 Å². The Hall–Kier alpha value is -1.38. The predicted octanol–water partition coefficient (Wildman–Crippen LogP) is 3.92. The van der Waals surface area contributed by atoms with Crippen LogP contribution in [0.25, 0.3) is 0 Å². The van der Waals surface area contributed by atoms with Crippen molar-refractivity contribution < 1.29 is 9.18 Å². The quantitative estimate of drug-likeness (QED) is 0.820. The second-order valence-corrected chi connectivity index (χ2v) is 5.41. The highest BCUT2D eigenvalue weighted by Gasteiger charge is 2.12. The molecule has 19 heavy (non-hydrogen) atoms. The number of rotatable bonds is 4. The second-order valence-electron chi connectivity index (χ2n) is 5.41. The van der Waals surface area contributed by atoms with E-state index in [-0.39, 0.29) is 11.7 Å². The van der Waals surface area contributed by atoms with Crippen LogP contribution < -0.4 is 5.32 Å². The van der Waals surface area contributed by atoms with E-state index < -0.39 is 0 Å². The highest BCUT2D eigenvalue weighted by Crippen LogP contribution is 2.24. The third-order valence-corrected chi connectivity index (χ3v) is 3.90. The molecule has 2 rings (SSSR count). The summed E-state index contributed by atoms with van der Waals surface area (Å²) in [6.45, 7) is 0.694. The van der Waals surface area contributed by atoms with Crippen LogP contribution in [0.2, 0.25) is 0 Å². The zero-order chi connectivity index (χ0) is 13.5. The Morgan fingerprint density at radius 3 is 2.63 bits per heavy atom. The summed E-state index contributed by atoms with van der Waals surface area (Å²) in [6, 6.07) is 5.84. The van der Waals surface area contributed by atoms with Crippen LogP contribution in [0, 0.1) is 11.7 Å². The molecule has 0 spiro atoms. The SMILES string of the molecule is O=C(NCCC1CCCCCC1)c1cccc(F)c1. The number of hydrogen-bond acceptors (Lipinski definition) is 1. The zero-order valence-corrected chi connectivity index (χ0v) is 11.3. The van der Waals surface area contributed by atoms with Crippen molar-refractivity contribution in [3.05, 3.63) is 35.6 Å². The summed E-state index contributed by atoms with van der Waals surface area (Å²) in [6.07, 6.45) is 8.97. The summed E-state index contributed by atoms with van der Waals surface area (Å²) in [4.78, 5) is 11.8. The summed E-state index contributed by atoms with van der Waals surface area (Å²) in [5.74, 6) is 0.208. The number of benzene rings is 1. The van der Waals surface area contributed by atoms with Gasteiger partial charge in [0, 0.05) is 12.1 Å². The van der Waals surface area contributed by atoms with Crippen molar-refractivity contribution in [1.82, 2.24) is 5.32 Å². The minimum atomic E-state index is -0.364. The van der Waals surface area contributed by atoms with Crippen molar-refractivity contribution in [2.24, 2.45) is 5.92 Å². The number of carbonyl (C=O) groups is 1. The molecule has 0 aromatic heterocycles. The first-order valence-corrected chi connectivity index (χ1v) is 7.29. The average molecular weight is 263 g/mol. The Labute approximate surface area is 114 Å². The molecule has 1 aliphatic carbocycles. The Morgan fingerprint density at radius 1 is 1.21 bits per heavy atom. The monoisotopic (exact) mass is 263 g/mol. The van der Waals surface area contributed by atoms with Gasteiger partial charge in [-0.1, -0.05) is 44.6 Å². The van der Waals surface area contributed by atoms with E-state index in [9.17, 15) is 9.18 Å². The van der Waals surface area contributed by atoms with E-state index in [1.165, 1.54) is 50.7 Å². The lowest BCUT2D eigenvalue weighted by atomic mass is 9.97. The van der Waals surface area contributed by atoms with Crippen molar-refractivity contribution >= 4 is 5.91 Å². The van der Waals surface area contributed by atoms with Gasteiger partial charge in [0.25, 0.3) is 5.91 Å². The number of carbonyl (C=O) groups excluding carboxylic acids is 1. The lowest BCUT2D eigenvalue weighted by Crippen LogP contribution is -2.26. The van der Waals surface area contributed by atoms with Crippen LogP contribution in [0.1, 0.15) is 55.3 Å². The average Bonchev–Trinajstić information content (AvgIpc) is 2.67.